The zero-order valence-corrected chi connectivity index (χ0v) is 14.1. The van der Waals surface area contributed by atoms with Crippen LogP contribution in [0.2, 0.25) is 0 Å². The Morgan fingerprint density at radius 3 is 2.45 bits per heavy atom. The first kappa shape index (κ1) is 16.2. The van der Waals surface area contributed by atoms with E-state index in [0.717, 1.165) is 19.3 Å². The van der Waals surface area contributed by atoms with E-state index in [1.165, 1.54) is 6.26 Å². The number of hydrogen-bond acceptors (Lipinski definition) is 4. The summed E-state index contributed by atoms with van der Waals surface area (Å²) in [5, 5.41) is 3.54. The third kappa shape index (κ3) is 3.53. The number of hydrogen-bond donors (Lipinski definition) is 1. The van der Waals surface area contributed by atoms with Gasteiger partial charge in [-0.3, -0.25) is 0 Å². The van der Waals surface area contributed by atoms with Crippen LogP contribution in [0.15, 0.2) is 0 Å². The maximum Gasteiger partial charge on any atom is 0.211 e. The van der Waals surface area contributed by atoms with Crippen molar-refractivity contribution >= 4 is 10.0 Å². The predicted octanol–water partition coefficient (Wildman–Crippen LogP) is 1.35. The molecule has 20 heavy (non-hydrogen) atoms. The molecule has 2 fully saturated rings. The van der Waals surface area contributed by atoms with Crippen molar-refractivity contribution in [3.05, 3.63) is 0 Å². The summed E-state index contributed by atoms with van der Waals surface area (Å²) in [5.74, 6) is 0. The van der Waals surface area contributed by atoms with Crippen molar-refractivity contribution in [3.63, 3.8) is 0 Å². The first-order valence-corrected chi connectivity index (χ1v) is 9.26. The van der Waals surface area contributed by atoms with E-state index >= 15 is 0 Å². The Labute approximate surface area is 123 Å². The molecule has 2 rings (SSSR count). The highest BCUT2D eigenvalue weighted by molar-refractivity contribution is 7.88. The molecule has 118 valence electrons. The first-order chi connectivity index (χ1) is 9.01. The zero-order chi connectivity index (χ0) is 15.2. The smallest absolute Gasteiger partial charge is 0.211 e. The summed E-state index contributed by atoms with van der Waals surface area (Å²) in [5.41, 5.74) is -0.328. The van der Waals surface area contributed by atoms with Gasteiger partial charge in [-0.2, -0.15) is 4.31 Å². The molecule has 2 atom stereocenters. The third-order valence-corrected chi connectivity index (χ3v) is 5.76. The molecule has 1 unspecified atom stereocenters. The Hall–Kier alpha value is -0.170. The van der Waals surface area contributed by atoms with E-state index < -0.39 is 10.0 Å². The highest BCUT2D eigenvalue weighted by Gasteiger charge is 2.46. The van der Waals surface area contributed by atoms with Crippen LogP contribution >= 0.6 is 0 Å². The number of sulfonamides is 1. The molecule has 0 aliphatic carbocycles. The van der Waals surface area contributed by atoms with Gasteiger partial charge in [0, 0.05) is 25.2 Å². The summed E-state index contributed by atoms with van der Waals surface area (Å²) in [4.78, 5) is 0. The quantitative estimate of drug-likeness (QED) is 0.852. The van der Waals surface area contributed by atoms with Crippen LogP contribution in [0.25, 0.3) is 0 Å². The highest BCUT2D eigenvalue weighted by atomic mass is 32.2. The Morgan fingerprint density at radius 2 is 1.95 bits per heavy atom. The summed E-state index contributed by atoms with van der Waals surface area (Å²) in [6.45, 7) is 9.77. The Balaban J connectivity index is 1.96. The van der Waals surface area contributed by atoms with E-state index in [2.05, 4.69) is 33.0 Å². The topological polar surface area (TPSA) is 58.6 Å². The van der Waals surface area contributed by atoms with E-state index in [0.29, 0.717) is 13.1 Å². The molecule has 6 heteroatoms. The molecule has 2 aliphatic rings. The molecule has 0 aromatic carbocycles. The van der Waals surface area contributed by atoms with Gasteiger partial charge in [0.25, 0.3) is 0 Å². The second kappa shape index (κ2) is 5.23. The predicted molar refractivity (Wildman–Crippen MR) is 80.2 cm³/mol. The lowest BCUT2D eigenvalue weighted by Gasteiger charge is -2.30. The average Bonchev–Trinajstić information content (AvgIpc) is 2.76. The van der Waals surface area contributed by atoms with E-state index in [9.17, 15) is 8.42 Å². The van der Waals surface area contributed by atoms with E-state index in [-0.39, 0.29) is 23.3 Å². The second-order valence-electron chi connectivity index (χ2n) is 7.30. The Kier molecular flexibility index (Phi) is 4.24. The Morgan fingerprint density at radius 1 is 1.30 bits per heavy atom. The zero-order valence-electron chi connectivity index (χ0n) is 13.3. The minimum absolute atomic E-state index is 0.0875. The molecular weight excluding hydrogens is 276 g/mol. The van der Waals surface area contributed by atoms with Crippen LogP contribution in [0.4, 0.5) is 0 Å². The van der Waals surface area contributed by atoms with E-state index in [1.54, 1.807) is 4.31 Å². The minimum atomic E-state index is -3.09. The molecular formula is C14H28N2O3S. The van der Waals surface area contributed by atoms with Crippen LogP contribution in [0.3, 0.4) is 0 Å². The van der Waals surface area contributed by atoms with Crippen molar-refractivity contribution in [1.82, 2.24) is 9.62 Å². The molecule has 0 saturated carbocycles. The van der Waals surface area contributed by atoms with Gasteiger partial charge in [0.1, 0.15) is 0 Å². The lowest BCUT2D eigenvalue weighted by Crippen LogP contribution is -2.49. The van der Waals surface area contributed by atoms with Crippen LogP contribution in [0.5, 0.6) is 0 Å². The molecule has 2 saturated heterocycles. The summed E-state index contributed by atoms with van der Waals surface area (Å²) in [6.07, 6.45) is 4.15. The van der Waals surface area contributed by atoms with Crippen molar-refractivity contribution in [2.45, 2.75) is 70.2 Å². The van der Waals surface area contributed by atoms with Gasteiger partial charge in [0.05, 0.1) is 17.5 Å². The van der Waals surface area contributed by atoms with E-state index in [1.807, 2.05) is 0 Å². The monoisotopic (exact) mass is 304 g/mol. The minimum Gasteiger partial charge on any atom is -0.368 e. The largest absolute Gasteiger partial charge is 0.368 e. The lowest BCUT2D eigenvalue weighted by molar-refractivity contribution is -0.0699. The van der Waals surface area contributed by atoms with Crippen LogP contribution in [0, 0.1) is 0 Å². The third-order valence-electron chi connectivity index (χ3n) is 4.42. The highest BCUT2D eigenvalue weighted by Crippen LogP contribution is 2.37. The molecule has 2 aliphatic heterocycles. The van der Waals surface area contributed by atoms with Crippen molar-refractivity contribution in [3.8, 4) is 0 Å². The molecule has 0 aromatic rings. The maximum atomic E-state index is 11.7. The fourth-order valence-electron chi connectivity index (χ4n) is 3.61. The fourth-order valence-corrected chi connectivity index (χ4v) is 4.79. The van der Waals surface area contributed by atoms with Crippen molar-refractivity contribution in [2.75, 3.05) is 19.3 Å². The standard InChI is InChI=1S/C14H28N2O3S/c1-13(2)9-12(14(3,4)19-13)15-10-11-7-6-8-16(11)20(5,17)18/h11-12,15H,6-10H2,1-5H3/t11-,12?/m1/s1. The molecule has 0 spiro atoms. The summed E-state index contributed by atoms with van der Waals surface area (Å²) in [6, 6.07) is 0.351. The summed E-state index contributed by atoms with van der Waals surface area (Å²) >= 11 is 0. The van der Waals surface area contributed by atoms with Gasteiger partial charge in [0.2, 0.25) is 10.0 Å². The van der Waals surface area contributed by atoms with Crippen LogP contribution in [-0.2, 0) is 14.8 Å². The molecule has 2 heterocycles. The average molecular weight is 304 g/mol. The van der Waals surface area contributed by atoms with Crippen molar-refractivity contribution < 1.29 is 13.2 Å². The second-order valence-corrected chi connectivity index (χ2v) is 9.23. The van der Waals surface area contributed by atoms with Crippen LogP contribution in [0.1, 0.15) is 47.0 Å². The van der Waals surface area contributed by atoms with Crippen LogP contribution < -0.4 is 5.32 Å². The molecule has 5 nitrogen and oxygen atoms in total. The van der Waals surface area contributed by atoms with E-state index in [4.69, 9.17) is 4.74 Å². The van der Waals surface area contributed by atoms with Gasteiger partial charge in [-0.15, -0.1) is 0 Å². The normalized spacial score (nSPS) is 33.6. The Bertz CT molecular complexity index is 459. The SMILES string of the molecule is CC1(C)CC(NC[C@H]2CCCN2S(C)(=O)=O)C(C)(C)O1. The van der Waals surface area contributed by atoms with Gasteiger partial charge in [-0.05, 0) is 47.0 Å². The molecule has 0 aromatic heterocycles. The first-order valence-electron chi connectivity index (χ1n) is 7.42. The lowest BCUT2D eigenvalue weighted by atomic mass is 9.94. The fraction of sp³-hybridized carbons (Fsp3) is 1.00. The van der Waals surface area contributed by atoms with Gasteiger partial charge < -0.3 is 10.1 Å². The summed E-state index contributed by atoms with van der Waals surface area (Å²) < 4.78 is 31.2. The number of nitrogens with one attached hydrogen (secondary N) is 1. The van der Waals surface area contributed by atoms with Gasteiger partial charge in [-0.25, -0.2) is 8.42 Å². The molecule has 0 radical (unpaired) electrons. The molecule has 0 bridgehead atoms. The molecule has 0 amide bonds. The van der Waals surface area contributed by atoms with Gasteiger partial charge in [-0.1, -0.05) is 0 Å². The van der Waals surface area contributed by atoms with Crippen molar-refractivity contribution in [2.24, 2.45) is 0 Å². The number of nitrogens with zero attached hydrogens (tertiary/aromatic N) is 1. The van der Waals surface area contributed by atoms with Gasteiger partial charge >= 0.3 is 0 Å². The number of rotatable bonds is 4. The maximum absolute atomic E-state index is 11.7. The number of ether oxygens (including phenoxy) is 1. The summed E-state index contributed by atoms with van der Waals surface area (Å²) in [7, 11) is -3.09. The van der Waals surface area contributed by atoms with Gasteiger partial charge in [0.15, 0.2) is 0 Å². The van der Waals surface area contributed by atoms with Crippen molar-refractivity contribution in [1.29, 1.82) is 0 Å². The molecule has 1 N–H and O–H groups in total. The van der Waals surface area contributed by atoms with Crippen LogP contribution in [-0.4, -0.2) is 55.4 Å².